The molecule has 146 valence electrons. The third-order valence-electron chi connectivity index (χ3n) is 5.15. The molecule has 0 radical (unpaired) electrons. The molecule has 27 heavy (non-hydrogen) atoms. The molecular weight excluding hydrogens is 340 g/mol. The van der Waals surface area contributed by atoms with Crippen LogP contribution in [0, 0.1) is 6.92 Å². The molecule has 1 saturated heterocycles. The Kier molecular flexibility index (Phi) is 6.69. The van der Waals surface area contributed by atoms with Crippen LogP contribution in [-0.2, 0) is 15.9 Å². The summed E-state index contributed by atoms with van der Waals surface area (Å²) in [7, 11) is 2.06. The first-order valence-electron chi connectivity index (χ1n) is 9.86. The van der Waals surface area contributed by atoms with Gasteiger partial charge in [-0.15, -0.1) is 0 Å². The van der Waals surface area contributed by atoms with Gasteiger partial charge >= 0.3 is 0 Å². The second-order valence-electron chi connectivity index (χ2n) is 7.17. The van der Waals surface area contributed by atoms with E-state index in [-0.39, 0.29) is 11.8 Å². The van der Waals surface area contributed by atoms with Crippen LogP contribution in [0.15, 0.2) is 35.1 Å². The predicted molar refractivity (Wildman–Crippen MR) is 109 cm³/mol. The lowest BCUT2D eigenvalue weighted by Crippen LogP contribution is -2.28. The number of pyridine rings is 1. The van der Waals surface area contributed by atoms with Crippen LogP contribution in [0.1, 0.15) is 37.3 Å². The van der Waals surface area contributed by atoms with Crippen LogP contribution < -0.4 is 10.5 Å². The first-order valence-corrected chi connectivity index (χ1v) is 9.86. The first kappa shape index (κ1) is 19.6. The Morgan fingerprint density at radius 2 is 2.04 bits per heavy atom. The number of aromatic nitrogens is 1. The fourth-order valence-corrected chi connectivity index (χ4v) is 3.40. The second kappa shape index (κ2) is 9.20. The lowest BCUT2D eigenvalue weighted by molar-refractivity contribution is -0.160. The number of aromatic amines is 1. The monoisotopic (exact) mass is 370 g/mol. The third kappa shape index (κ3) is 4.99. The minimum absolute atomic E-state index is 0.0227. The Bertz CT molecular complexity index is 792. The maximum absolute atomic E-state index is 12.0. The van der Waals surface area contributed by atoms with E-state index in [1.165, 1.54) is 6.42 Å². The standard InChI is InChI=1S/C22H30N2O3/c1-4-17-15-16(2)22(25)23-21(17)18-8-10-19(11-9-18)24(3)12-14-27-20-7-5-6-13-26-20/h8-11,15,20H,4-7,12-14H2,1-3H3,(H,23,25). The zero-order valence-corrected chi connectivity index (χ0v) is 16.6. The Labute approximate surface area is 161 Å². The molecule has 1 aliphatic rings. The Hall–Kier alpha value is -2.11. The van der Waals surface area contributed by atoms with Crippen molar-refractivity contribution in [2.45, 2.75) is 45.8 Å². The summed E-state index contributed by atoms with van der Waals surface area (Å²) >= 11 is 0. The molecule has 5 nitrogen and oxygen atoms in total. The van der Waals surface area contributed by atoms with E-state index in [1.807, 2.05) is 13.0 Å². The molecule has 1 aromatic heterocycles. The maximum atomic E-state index is 12.0. The van der Waals surface area contributed by atoms with E-state index in [9.17, 15) is 4.79 Å². The lowest BCUT2D eigenvalue weighted by atomic mass is 10.0. The molecule has 1 fully saturated rings. The van der Waals surface area contributed by atoms with E-state index < -0.39 is 0 Å². The van der Waals surface area contributed by atoms with Crippen molar-refractivity contribution >= 4 is 5.69 Å². The van der Waals surface area contributed by atoms with E-state index in [1.54, 1.807) is 0 Å². The van der Waals surface area contributed by atoms with Crippen LogP contribution in [0.5, 0.6) is 0 Å². The average molecular weight is 370 g/mol. The molecule has 0 amide bonds. The summed E-state index contributed by atoms with van der Waals surface area (Å²) in [5.41, 5.74) is 4.97. The van der Waals surface area contributed by atoms with Gasteiger partial charge in [0.05, 0.1) is 12.3 Å². The van der Waals surface area contributed by atoms with Crippen molar-refractivity contribution < 1.29 is 9.47 Å². The molecule has 5 heteroatoms. The van der Waals surface area contributed by atoms with Crippen LogP contribution in [0.4, 0.5) is 5.69 Å². The van der Waals surface area contributed by atoms with E-state index in [0.29, 0.717) is 6.61 Å². The van der Waals surface area contributed by atoms with Gasteiger partial charge in [0.2, 0.25) is 0 Å². The van der Waals surface area contributed by atoms with Gasteiger partial charge in [-0.2, -0.15) is 0 Å². The number of H-pyrrole nitrogens is 1. The summed E-state index contributed by atoms with van der Waals surface area (Å²) in [6.45, 7) is 6.22. The molecule has 0 aliphatic carbocycles. The van der Waals surface area contributed by atoms with Gasteiger partial charge in [0.25, 0.3) is 5.56 Å². The van der Waals surface area contributed by atoms with Crippen molar-refractivity contribution in [3.8, 4) is 11.3 Å². The number of rotatable bonds is 7. The number of hydrogen-bond donors (Lipinski definition) is 1. The van der Waals surface area contributed by atoms with Crippen molar-refractivity contribution in [1.82, 2.24) is 4.98 Å². The molecule has 1 aliphatic heterocycles. The SMILES string of the molecule is CCc1cc(C)c(=O)[nH]c1-c1ccc(N(C)CCOC2CCCCO2)cc1. The van der Waals surface area contributed by atoms with Crippen molar-refractivity contribution in [1.29, 1.82) is 0 Å². The zero-order valence-electron chi connectivity index (χ0n) is 16.6. The average Bonchev–Trinajstić information content (AvgIpc) is 2.70. The lowest BCUT2D eigenvalue weighted by Gasteiger charge is -2.25. The van der Waals surface area contributed by atoms with Gasteiger partial charge in [0, 0.05) is 31.5 Å². The van der Waals surface area contributed by atoms with Crippen LogP contribution >= 0.6 is 0 Å². The van der Waals surface area contributed by atoms with Gasteiger partial charge in [-0.3, -0.25) is 4.79 Å². The van der Waals surface area contributed by atoms with Crippen LogP contribution in [0.25, 0.3) is 11.3 Å². The minimum Gasteiger partial charge on any atom is -0.372 e. The number of ether oxygens (including phenoxy) is 2. The molecule has 3 rings (SSSR count). The zero-order chi connectivity index (χ0) is 19.2. The normalized spacial score (nSPS) is 17.1. The molecule has 1 unspecified atom stereocenters. The maximum Gasteiger partial charge on any atom is 0.251 e. The van der Waals surface area contributed by atoms with E-state index in [0.717, 1.165) is 60.5 Å². The minimum atomic E-state index is -0.0413. The molecule has 0 saturated carbocycles. The van der Waals surface area contributed by atoms with E-state index >= 15 is 0 Å². The number of benzene rings is 1. The largest absolute Gasteiger partial charge is 0.372 e. The Balaban J connectivity index is 1.63. The first-order chi connectivity index (χ1) is 13.1. The smallest absolute Gasteiger partial charge is 0.251 e. The molecule has 0 bridgehead atoms. The van der Waals surface area contributed by atoms with Gasteiger partial charge in [0.1, 0.15) is 0 Å². The molecular formula is C22H30N2O3. The van der Waals surface area contributed by atoms with Crippen molar-refractivity contribution in [3.63, 3.8) is 0 Å². The van der Waals surface area contributed by atoms with Crippen molar-refractivity contribution in [2.24, 2.45) is 0 Å². The number of nitrogens with zero attached hydrogens (tertiary/aromatic N) is 1. The number of aryl methyl sites for hydroxylation is 2. The highest BCUT2D eigenvalue weighted by Crippen LogP contribution is 2.24. The summed E-state index contributed by atoms with van der Waals surface area (Å²) in [5, 5.41) is 0. The summed E-state index contributed by atoms with van der Waals surface area (Å²) in [5.74, 6) is 0. The molecule has 2 heterocycles. The molecule has 1 aromatic carbocycles. The number of hydrogen-bond acceptors (Lipinski definition) is 4. The molecule has 2 aromatic rings. The topological polar surface area (TPSA) is 54.6 Å². The fraction of sp³-hybridized carbons (Fsp3) is 0.500. The summed E-state index contributed by atoms with van der Waals surface area (Å²) < 4.78 is 11.4. The summed E-state index contributed by atoms with van der Waals surface area (Å²) in [6, 6.07) is 10.3. The number of likely N-dealkylation sites (N-methyl/N-ethyl adjacent to an activating group) is 1. The highest BCUT2D eigenvalue weighted by Gasteiger charge is 2.14. The number of anilines is 1. The fourth-order valence-electron chi connectivity index (χ4n) is 3.40. The van der Waals surface area contributed by atoms with Crippen LogP contribution in [0.2, 0.25) is 0 Å². The summed E-state index contributed by atoms with van der Waals surface area (Å²) in [6.07, 6.45) is 4.16. The van der Waals surface area contributed by atoms with E-state index in [4.69, 9.17) is 9.47 Å². The van der Waals surface area contributed by atoms with Gasteiger partial charge in [-0.05, 0) is 61.9 Å². The van der Waals surface area contributed by atoms with Gasteiger partial charge in [-0.1, -0.05) is 19.1 Å². The highest BCUT2D eigenvalue weighted by molar-refractivity contribution is 5.66. The van der Waals surface area contributed by atoms with E-state index in [2.05, 4.69) is 48.1 Å². The van der Waals surface area contributed by atoms with Crippen LogP contribution in [0.3, 0.4) is 0 Å². The van der Waals surface area contributed by atoms with Crippen molar-refractivity contribution in [2.75, 3.05) is 31.7 Å². The molecule has 1 atom stereocenters. The highest BCUT2D eigenvalue weighted by atomic mass is 16.7. The molecule has 1 N–H and O–H groups in total. The third-order valence-corrected chi connectivity index (χ3v) is 5.15. The van der Waals surface area contributed by atoms with Gasteiger partial charge < -0.3 is 19.4 Å². The molecule has 0 spiro atoms. The Morgan fingerprint density at radius 1 is 1.26 bits per heavy atom. The predicted octanol–water partition coefficient (Wildman–Crippen LogP) is 3.89. The number of nitrogens with one attached hydrogen (secondary N) is 1. The Morgan fingerprint density at radius 3 is 2.70 bits per heavy atom. The van der Waals surface area contributed by atoms with Gasteiger partial charge in [-0.25, -0.2) is 0 Å². The van der Waals surface area contributed by atoms with Crippen LogP contribution in [-0.4, -0.2) is 38.1 Å². The van der Waals surface area contributed by atoms with Crippen molar-refractivity contribution in [3.05, 3.63) is 51.8 Å². The second-order valence-corrected chi connectivity index (χ2v) is 7.17. The quantitative estimate of drug-likeness (QED) is 0.803. The van der Waals surface area contributed by atoms with Gasteiger partial charge in [0.15, 0.2) is 6.29 Å². The summed E-state index contributed by atoms with van der Waals surface area (Å²) in [4.78, 5) is 17.2.